The van der Waals surface area contributed by atoms with Gasteiger partial charge in [-0.3, -0.25) is 0 Å². The summed E-state index contributed by atoms with van der Waals surface area (Å²) < 4.78 is 0. The van der Waals surface area contributed by atoms with Gasteiger partial charge in [-0.15, -0.1) is 5.73 Å². The van der Waals surface area contributed by atoms with Crippen LogP contribution in [0.15, 0.2) is 17.9 Å². The Morgan fingerprint density at radius 2 is 2.40 bits per heavy atom. The molecule has 0 radical (unpaired) electrons. The molecule has 0 aliphatic rings. The first-order valence-electron chi connectivity index (χ1n) is 3.34. The van der Waals surface area contributed by atoms with Crippen LogP contribution >= 0.6 is 0 Å². The first-order valence-corrected chi connectivity index (χ1v) is 3.34. The van der Waals surface area contributed by atoms with Crippen LogP contribution in [0.5, 0.6) is 0 Å². The third kappa shape index (κ3) is 3.91. The van der Waals surface area contributed by atoms with Gasteiger partial charge in [-0.1, -0.05) is 13.5 Å². The zero-order chi connectivity index (χ0) is 7.82. The lowest BCUT2D eigenvalue weighted by atomic mass is 10.3. The van der Waals surface area contributed by atoms with Crippen molar-refractivity contribution in [2.45, 2.75) is 13.3 Å². The number of hydrogen-bond donors (Lipinski definition) is 1. The van der Waals surface area contributed by atoms with Gasteiger partial charge < -0.3 is 5.32 Å². The third-order valence-corrected chi connectivity index (χ3v) is 1.08. The Morgan fingerprint density at radius 3 is 2.80 bits per heavy atom. The molecule has 0 unspecified atom stereocenters. The molecule has 10 heavy (non-hydrogen) atoms. The summed E-state index contributed by atoms with van der Waals surface area (Å²) in [4.78, 5) is 0. The Morgan fingerprint density at radius 1 is 1.70 bits per heavy atom. The molecule has 0 aliphatic heterocycles. The number of hydrogen-bond acceptors (Lipinski definition) is 2. The van der Waals surface area contributed by atoms with E-state index in [2.05, 4.69) is 24.6 Å². The minimum atomic E-state index is 0.577. The summed E-state index contributed by atoms with van der Waals surface area (Å²) in [5.41, 5.74) is 3.13. The largest absolute Gasteiger partial charge is 0.311 e. The zero-order valence-electron chi connectivity index (χ0n) is 6.28. The highest BCUT2D eigenvalue weighted by Gasteiger charge is 1.89. The van der Waals surface area contributed by atoms with Crippen molar-refractivity contribution in [2.75, 3.05) is 13.1 Å². The summed E-state index contributed by atoms with van der Waals surface area (Å²) in [5, 5.41) is 11.5. The minimum absolute atomic E-state index is 0.577. The summed E-state index contributed by atoms with van der Waals surface area (Å²) in [5.74, 6) is 0. The average Bonchev–Trinajstić information content (AvgIpc) is 1.99. The first kappa shape index (κ1) is 8.97. The quantitative estimate of drug-likeness (QED) is 0.358. The normalized spacial score (nSPS) is 8.00. The van der Waals surface area contributed by atoms with Crippen LogP contribution in [-0.4, -0.2) is 13.1 Å². The second-order valence-electron chi connectivity index (χ2n) is 1.94. The number of nitrogens with one attached hydrogen (secondary N) is 1. The van der Waals surface area contributed by atoms with Gasteiger partial charge in [0.2, 0.25) is 0 Å². The van der Waals surface area contributed by atoms with Crippen LogP contribution in [0.25, 0.3) is 0 Å². The third-order valence-electron chi connectivity index (χ3n) is 1.08. The van der Waals surface area contributed by atoms with Crippen molar-refractivity contribution in [1.82, 2.24) is 5.32 Å². The molecule has 0 aromatic carbocycles. The average molecular weight is 136 g/mol. The van der Waals surface area contributed by atoms with Crippen LogP contribution < -0.4 is 5.32 Å². The van der Waals surface area contributed by atoms with Crippen molar-refractivity contribution >= 4 is 0 Å². The predicted octanol–water partition coefficient (Wildman–Crippen LogP) is 1.22. The van der Waals surface area contributed by atoms with Crippen molar-refractivity contribution < 1.29 is 0 Å². The SMILES string of the molecule is C=C=C(C#N)CNCCC. The fraction of sp³-hybridized carbons (Fsp3) is 0.500. The maximum Gasteiger partial charge on any atom is 0.104 e. The molecule has 0 bridgehead atoms. The Kier molecular flexibility index (Phi) is 5.47. The molecule has 0 rings (SSSR count). The molecule has 0 aromatic heterocycles. The van der Waals surface area contributed by atoms with Gasteiger partial charge in [-0.05, 0) is 13.0 Å². The molecule has 2 nitrogen and oxygen atoms in total. The van der Waals surface area contributed by atoms with Crippen LogP contribution in [0, 0.1) is 11.3 Å². The summed E-state index contributed by atoms with van der Waals surface area (Å²) in [6, 6.07) is 1.99. The highest BCUT2D eigenvalue weighted by atomic mass is 14.8. The number of nitrogens with zero attached hydrogens (tertiary/aromatic N) is 1. The second-order valence-corrected chi connectivity index (χ2v) is 1.94. The zero-order valence-corrected chi connectivity index (χ0v) is 6.28. The van der Waals surface area contributed by atoms with Gasteiger partial charge in [0.05, 0.1) is 5.57 Å². The fourth-order valence-electron chi connectivity index (χ4n) is 0.532. The molecule has 0 saturated carbocycles. The number of rotatable bonds is 4. The van der Waals surface area contributed by atoms with E-state index in [0.29, 0.717) is 12.1 Å². The maximum atomic E-state index is 8.40. The van der Waals surface area contributed by atoms with Gasteiger partial charge in [-0.2, -0.15) is 5.26 Å². The Hall–Kier alpha value is -1.03. The monoisotopic (exact) mass is 136 g/mol. The van der Waals surface area contributed by atoms with E-state index in [1.54, 1.807) is 0 Å². The second kappa shape index (κ2) is 6.10. The van der Waals surface area contributed by atoms with Gasteiger partial charge in [0.25, 0.3) is 0 Å². The molecule has 0 fully saturated rings. The van der Waals surface area contributed by atoms with E-state index in [0.717, 1.165) is 13.0 Å². The lowest BCUT2D eigenvalue weighted by Crippen LogP contribution is -2.16. The number of nitriles is 1. The topological polar surface area (TPSA) is 35.8 Å². The van der Waals surface area contributed by atoms with Gasteiger partial charge >= 0.3 is 0 Å². The minimum Gasteiger partial charge on any atom is -0.311 e. The van der Waals surface area contributed by atoms with Crippen LogP contribution in [0.1, 0.15) is 13.3 Å². The van der Waals surface area contributed by atoms with Gasteiger partial charge in [0.15, 0.2) is 0 Å². The van der Waals surface area contributed by atoms with Gasteiger partial charge in [0, 0.05) is 6.54 Å². The van der Waals surface area contributed by atoms with E-state index < -0.39 is 0 Å². The van der Waals surface area contributed by atoms with Crippen LogP contribution in [0.4, 0.5) is 0 Å². The van der Waals surface area contributed by atoms with Crippen LogP contribution in [-0.2, 0) is 0 Å². The predicted molar refractivity (Wildman–Crippen MR) is 41.4 cm³/mol. The van der Waals surface area contributed by atoms with E-state index in [4.69, 9.17) is 5.26 Å². The molecule has 1 N–H and O–H groups in total. The summed E-state index contributed by atoms with van der Waals surface area (Å²) in [7, 11) is 0. The van der Waals surface area contributed by atoms with Crippen molar-refractivity contribution in [3.05, 3.63) is 17.9 Å². The van der Waals surface area contributed by atoms with Crippen molar-refractivity contribution in [3.63, 3.8) is 0 Å². The molecule has 54 valence electrons. The smallest absolute Gasteiger partial charge is 0.104 e. The molecule has 0 atom stereocenters. The molecular formula is C8H12N2. The fourth-order valence-corrected chi connectivity index (χ4v) is 0.532. The Balaban J connectivity index is 3.50. The van der Waals surface area contributed by atoms with E-state index in [1.807, 2.05) is 6.07 Å². The molecule has 0 heterocycles. The van der Waals surface area contributed by atoms with E-state index in [1.165, 1.54) is 0 Å². The Bertz CT molecular complexity index is 170. The van der Waals surface area contributed by atoms with E-state index in [-0.39, 0.29) is 0 Å². The lowest BCUT2D eigenvalue weighted by molar-refractivity contribution is 0.721. The Labute approximate surface area is 61.9 Å². The van der Waals surface area contributed by atoms with E-state index in [9.17, 15) is 0 Å². The maximum absolute atomic E-state index is 8.40. The van der Waals surface area contributed by atoms with Gasteiger partial charge in [0.1, 0.15) is 6.07 Å². The molecule has 0 saturated heterocycles. The van der Waals surface area contributed by atoms with Crippen LogP contribution in [0.3, 0.4) is 0 Å². The molecule has 0 aromatic rings. The van der Waals surface area contributed by atoms with Crippen LogP contribution in [0.2, 0.25) is 0 Å². The molecule has 0 amide bonds. The highest BCUT2D eigenvalue weighted by Crippen LogP contribution is 1.83. The standard InChI is InChI=1S/C8H12N2/c1-3-5-10-7-8(4-2)6-9/h10H,2-3,5,7H2,1H3. The molecule has 2 heteroatoms. The highest BCUT2D eigenvalue weighted by molar-refractivity contribution is 5.19. The van der Waals surface area contributed by atoms with E-state index >= 15 is 0 Å². The summed E-state index contributed by atoms with van der Waals surface area (Å²) in [6.07, 6.45) is 1.08. The van der Waals surface area contributed by atoms with Crippen molar-refractivity contribution in [3.8, 4) is 6.07 Å². The molecule has 0 spiro atoms. The summed E-state index contributed by atoms with van der Waals surface area (Å²) >= 11 is 0. The molecule has 0 aliphatic carbocycles. The van der Waals surface area contributed by atoms with Crippen molar-refractivity contribution in [2.24, 2.45) is 0 Å². The first-order chi connectivity index (χ1) is 4.85. The summed E-state index contributed by atoms with van der Waals surface area (Å²) in [6.45, 7) is 6.99. The van der Waals surface area contributed by atoms with Gasteiger partial charge in [-0.25, -0.2) is 0 Å². The molecular weight excluding hydrogens is 124 g/mol. The lowest BCUT2D eigenvalue weighted by Gasteiger charge is -1.97. The van der Waals surface area contributed by atoms with Crippen molar-refractivity contribution in [1.29, 1.82) is 5.26 Å².